The van der Waals surface area contributed by atoms with Crippen LogP contribution in [0.15, 0.2) is 24.3 Å². The predicted molar refractivity (Wildman–Crippen MR) is 59.1 cm³/mol. The Bertz CT molecular complexity index is 496. The van der Waals surface area contributed by atoms with E-state index in [1.165, 1.54) is 12.1 Å². The predicted octanol–water partition coefficient (Wildman–Crippen LogP) is 1.87. The Hall–Kier alpha value is -1.68. The maximum atomic E-state index is 13.0. The summed E-state index contributed by atoms with van der Waals surface area (Å²) in [5.41, 5.74) is 7.81. The van der Waals surface area contributed by atoms with Crippen LogP contribution in [0, 0.1) is 5.82 Å². The lowest BCUT2D eigenvalue weighted by Gasteiger charge is -2.07. The number of anilines is 1. The zero-order valence-electron chi connectivity index (χ0n) is 8.42. The molecule has 3 N–H and O–H groups in total. The Kier molecular flexibility index (Phi) is 2.51. The minimum absolute atomic E-state index is 0.286. The van der Waals surface area contributed by atoms with E-state index in [2.05, 4.69) is 10.3 Å². The Labute approximate surface area is 87.1 Å². The van der Waals surface area contributed by atoms with Crippen molar-refractivity contribution in [2.45, 2.75) is 6.54 Å². The molecule has 0 atom stereocenters. The van der Waals surface area contributed by atoms with Gasteiger partial charge in [0.2, 0.25) is 0 Å². The van der Waals surface area contributed by atoms with Crippen molar-refractivity contribution in [1.82, 2.24) is 4.98 Å². The quantitative estimate of drug-likeness (QED) is 0.787. The third-order valence-electron chi connectivity index (χ3n) is 2.30. The molecule has 0 unspecified atom stereocenters. The fourth-order valence-electron chi connectivity index (χ4n) is 1.57. The number of nitrogens with one attached hydrogen (secondary N) is 1. The molecule has 1 aromatic heterocycles. The van der Waals surface area contributed by atoms with Crippen LogP contribution in [-0.2, 0) is 6.54 Å². The molecule has 1 heterocycles. The van der Waals surface area contributed by atoms with Crippen LogP contribution in [-0.4, -0.2) is 12.0 Å². The van der Waals surface area contributed by atoms with E-state index in [0.29, 0.717) is 12.1 Å². The maximum Gasteiger partial charge on any atom is 0.125 e. The lowest BCUT2D eigenvalue weighted by Crippen LogP contribution is -2.02. The molecule has 15 heavy (non-hydrogen) atoms. The number of nitrogens with zero attached hydrogens (tertiary/aromatic N) is 1. The van der Waals surface area contributed by atoms with Crippen molar-refractivity contribution in [2.75, 3.05) is 12.4 Å². The van der Waals surface area contributed by atoms with Gasteiger partial charge in [-0.1, -0.05) is 0 Å². The van der Waals surface area contributed by atoms with Crippen LogP contribution in [0.3, 0.4) is 0 Å². The molecule has 0 fully saturated rings. The Balaban J connectivity index is 2.74. The number of fused-ring (bicyclic) bond motifs is 1. The summed E-state index contributed by atoms with van der Waals surface area (Å²) < 4.78 is 13.0. The molecule has 0 bridgehead atoms. The molecular weight excluding hydrogens is 193 g/mol. The molecule has 0 amide bonds. The van der Waals surface area contributed by atoms with Gasteiger partial charge in [-0.25, -0.2) is 4.39 Å². The van der Waals surface area contributed by atoms with Gasteiger partial charge in [0.25, 0.3) is 0 Å². The number of pyridine rings is 1. The highest BCUT2D eigenvalue weighted by atomic mass is 19.1. The number of halogens is 1. The van der Waals surface area contributed by atoms with Gasteiger partial charge in [-0.2, -0.15) is 0 Å². The largest absolute Gasteiger partial charge is 0.388 e. The normalized spacial score (nSPS) is 10.6. The lowest BCUT2D eigenvalue weighted by molar-refractivity contribution is 0.629. The number of nitrogens with two attached hydrogens (primary N) is 1. The fraction of sp³-hybridized carbons (Fsp3) is 0.182. The first-order valence-corrected chi connectivity index (χ1v) is 4.71. The average molecular weight is 205 g/mol. The van der Waals surface area contributed by atoms with Crippen molar-refractivity contribution in [3.8, 4) is 0 Å². The van der Waals surface area contributed by atoms with E-state index in [1.54, 1.807) is 6.07 Å². The second-order valence-corrected chi connectivity index (χ2v) is 3.28. The summed E-state index contributed by atoms with van der Waals surface area (Å²) in [7, 11) is 1.82. The van der Waals surface area contributed by atoms with Crippen molar-refractivity contribution < 1.29 is 4.39 Å². The van der Waals surface area contributed by atoms with Gasteiger partial charge in [-0.3, -0.25) is 4.98 Å². The van der Waals surface area contributed by atoms with Crippen molar-refractivity contribution >= 4 is 16.6 Å². The molecule has 0 saturated carbocycles. The summed E-state index contributed by atoms with van der Waals surface area (Å²) in [6.45, 7) is 0.348. The van der Waals surface area contributed by atoms with E-state index >= 15 is 0 Å². The van der Waals surface area contributed by atoms with E-state index < -0.39 is 0 Å². The highest BCUT2D eigenvalue weighted by Gasteiger charge is 2.04. The van der Waals surface area contributed by atoms with Crippen molar-refractivity contribution in [3.63, 3.8) is 0 Å². The fourth-order valence-corrected chi connectivity index (χ4v) is 1.57. The first-order chi connectivity index (χ1) is 7.24. The van der Waals surface area contributed by atoms with Crippen LogP contribution in [0.5, 0.6) is 0 Å². The van der Waals surface area contributed by atoms with E-state index in [9.17, 15) is 4.39 Å². The average Bonchev–Trinajstić information content (AvgIpc) is 2.26. The highest BCUT2D eigenvalue weighted by Crippen LogP contribution is 2.23. The lowest BCUT2D eigenvalue weighted by atomic mass is 10.1. The van der Waals surface area contributed by atoms with E-state index in [0.717, 1.165) is 16.8 Å². The number of rotatable bonds is 2. The van der Waals surface area contributed by atoms with Gasteiger partial charge >= 0.3 is 0 Å². The molecular formula is C11H12FN3. The van der Waals surface area contributed by atoms with Gasteiger partial charge in [0.1, 0.15) is 5.82 Å². The van der Waals surface area contributed by atoms with Crippen LogP contribution in [0.25, 0.3) is 10.9 Å². The number of aromatic nitrogens is 1. The van der Waals surface area contributed by atoms with E-state index in [-0.39, 0.29) is 5.82 Å². The van der Waals surface area contributed by atoms with Crippen LogP contribution < -0.4 is 11.1 Å². The van der Waals surface area contributed by atoms with E-state index in [4.69, 9.17) is 5.73 Å². The first-order valence-electron chi connectivity index (χ1n) is 4.71. The summed E-state index contributed by atoms with van der Waals surface area (Å²) in [6.07, 6.45) is 0. The monoisotopic (exact) mass is 205 g/mol. The van der Waals surface area contributed by atoms with Gasteiger partial charge in [-0.15, -0.1) is 0 Å². The molecule has 1 aromatic carbocycles. The Morgan fingerprint density at radius 3 is 2.87 bits per heavy atom. The molecule has 4 heteroatoms. The molecule has 0 aliphatic carbocycles. The number of hydrogen-bond acceptors (Lipinski definition) is 3. The molecule has 0 radical (unpaired) electrons. The van der Waals surface area contributed by atoms with Crippen LogP contribution >= 0.6 is 0 Å². The van der Waals surface area contributed by atoms with E-state index in [1.807, 2.05) is 13.1 Å². The summed E-state index contributed by atoms with van der Waals surface area (Å²) >= 11 is 0. The molecule has 0 saturated heterocycles. The van der Waals surface area contributed by atoms with Crippen LogP contribution in [0.2, 0.25) is 0 Å². The maximum absolute atomic E-state index is 13.0. The Morgan fingerprint density at radius 2 is 2.20 bits per heavy atom. The third kappa shape index (κ3) is 1.76. The topological polar surface area (TPSA) is 50.9 Å². The molecule has 0 aliphatic rings. The first kappa shape index (κ1) is 9.86. The number of hydrogen-bond donors (Lipinski definition) is 2. The second kappa shape index (κ2) is 3.82. The zero-order chi connectivity index (χ0) is 10.8. The molecule has 2 aromatic rings. The van der Waals surface area contributed by atoms with Gasteiger partial charge in [-0.05, 0) is 18.2 Å². The smallest absolute Gasteiger partial charge is 0.125 e. The summed E-state index contributed by atoms with van der Waals surface area (Å²) in [5, 5.41) is 3.95. The van der Waals surface area contributed by atoms with Crippen LogP contribution in [0.4, 0.5) is 10.1 Å². The van der Waals surface area contributed by atoms with Crippen molar-refractivity contribution in [1.29, 1.82) is 0 Å². The molecule has 0 spiro atoms. The van der Waals surface area contributed by atoms with Crippen molar-refractivity contribution in [2.24, 2.45) is 5.73 Å². The highest BCUT2D eigenvalue weighted by molar-refractivity contribution is 5.91. The SMILES string of the molecule is CNc1cc(CN)nc2cc(F)ccc12. The molecule has 3 nitrogen and oxygen atoms in total. The van der Waals surface area contributed by atoms with Crippen LogP contribution in [0.1, 0.15) is 5.69 Å². The molecule has 78 valence electrons. The van der Waals surface area contributed by atoms with Gasteiger partial charge < -0.3 is 11.1 Å². The minimum Gasteiger partial charge on any atom is -0.388 e. The summed E-state index contributed by atoms with van der Waals surface area (Å²) in [4.78, 5) is 4.26. The standard InChI is InChI=1S/C11H12FN3/c1-14-10-5-8(6-13)15-11-4-7(12)2-3-9(10)11/h2-5H,6,13H2,1H3,(H,14,15). The summed E-state index contributed by atoms with van der Waals surface area (Å²) in [6, 6.07) is 6.42. The molecule has 0 aliphatic heterocycles. The third-order valence-corrected chi connectivity index (χ3v) is 2.30. The number of benzene rings is 1. The van der Waals surface area contributed by atoms with Gasteiger partial charge in [0, 0.05) is 30.7 Å². The Morgan fingerprint density at radius 1 is 1.40 bits per heavy atom. The van der Waals surface area contributed by atoms with Gasteiger partial charge in [0.15, 0.2) is 0 Å². The minimum atomic E-state index is -0.286. The zero-order valence-corrected chi connectivity index (χ0v) is 8.42. The van der Waals surface area contributed by atoms with Crippen molar-refractivity contribution in [3.05, 3.63) is 35.8 Å². The van der Waals surface area contributed by atoms with Gasteiger partial charge in [0.05, 0.1) is 11.2 Å². The molecule has 2 rings (SSSR count). The second-order valence-electron chi connectivity index (χ2n) is 3.28. The summed E-state index contributed by atoms with van der Waals surface area (Å²) in [5.74, 6) is -0.286.